The normalized spacial score (nSPS) is 13.0. The van der Waals surface area contributed by atoms with Gasteiger partial charge in [-0.2, -0.15) is 5.26 Å². The lowest BCUT2D eigenvalue weighted by molar-refractivity contribution is -0.120. The monoisotopic (exact) mass is 279 g/mol. The van der Waals surface area contributed by atoms with E-state index in [1.54, 1.807) is 7.11 Å². The summed E-state index contributed by atoms with van der Waals surface area (Å²) in [5, 5.41) is 9.69. The highest BCUT2D eigenvalue weighted by Gasteiger charge is 2.37. The average molecular weight is 279 g/mol. The first-order valence-corrected chi connectivity index (χ1v) is 6.73. The molecular formula is C18H17NO2. The van der Waals surface area contributed by atoms with E-state index in [1.807, 2.05) is 54.6 Å². The smallest absolute Gasteiger partial charge is 0.154 e. The number of nitriles is 1. The summed E-state index contributed by atoms with van der Waals surface area (Å²) >= 11 is 0. The largest absolute Gasteiger partial charge is 0.497 e. The van der Waals surface area contributed by atoms with Crippen LogP contribution in [0.1, 0.15) is 18.1 Å². The molecular weight excluding hydrogens is 262 g/mol. The number of Topliss-reactive ketones (excluding diaryl/α,β-unsaturated/α-hetero) is 1. The molecule has 0 aliphatic carbocycles. The summed E-state index contributed by atoms with van der Waals surface area (Å²) < 4.78 is 5.20. The van der Waals surface area contributed by atoms with Gasteiger partial charge in [0.2, 0.25) is 0 Å². The van der Waals surface area contributed by atoms with E-state index < -0.39 is 5.41 Å². The van der Waals surface area contributed by atoms with E-state index >= 15 is 0 Å². The van der Waals surface area contributed by atoms with Gasteiger partial charge in [-0.1, -0.05) is 42.5 Å². The van der Waals surface area contributed by atoms with Crippen LogP contribution in [0.5, 0.6) is 5.75 Å². The van der Waals surface area contributed by atoms with E-state index in [2.05, 4.69) is 6.07 Å². The minimum atomic E-state index is -1.16. The van der Waals surface area contributed by atoms with Gasteiger partial charge in [0.25, 0.3) is 0 Å². The molecule has 1 atom stereocenters. The molecule has 2 rings (SSSR count). The molecule has 0 heterocycles. The molecule has 0 amide bonds. The first-order chi connectivity index (χ1) is 10.1. The van der Waals surface area contributed by atoms with Gasteiger partial charge in [0.15, 0.2) is 5.78 Å². The number of hydrogen-bond acceptors (Lipinski definition) is 3. The van der Waals surface area contributed by atoms with Crippen LogP contribution in [-0.2, 0) is 16.6 Å². The highest BCUT2D eigenvalue weighted by atomic mass is 16.5. The van der Waals surface area contributed by atoms with Crippen LogP contribution < -0.4 is 4.74 Å². The summed E-state index contributed by atoms with van der Waals surface area (Å²) in [4.78, 5) is 12.2. The Kier molecular flexibility index (Phi) is 4.39. The Labute approximate surface area is 124 Å². The Morgan fingerprint density at radius 2 is 1.90 bits per heavy atom. The highest BCUT2D eigenvalue weighted by molar-refractivity contribution is 5.91. The van der Waals surface area contributed by atoms with Gasteiger partial charge in [0.1, 0.15) is 11.2 Å². The summed E-state index contributed by atoms with van der Waals surface area (Å²) in [7, 11) is 1.60. The standard InChI is InChI=1S/C18H17NO2/c1-14(20)18(13-19,16-8-4-3-5-9-16)12-15-7-6-10-17(11-15)21-2/h3-11H,12H2,1-2H3. The maximum absolute atomic E-state index is 12.2. The molecule has 0 aliphatic heterocycles. The average Bonchev–Trinajstić information content (AvgIpc) is 2.53. The van der Waals surface area contributed by atoms with Gasteiger partial charge in [0.05, 0.1) is 13.2 Å². The van der Waals surface area contributed by atoms with Crippen LogP contribution in [0.2, 0.25) is 0 Å². The lowest BCUT2D eigenvalue weighted by Crippen LogP contribution is -2.35. The molecule has 2 aromatic carbocycles. The van der Waals surface area contributed by atoms with Crippen molar-refractivity contribution in [3.63, 3.8) is 0 Å². The van der Waals surface area contributed by atoms with Crippen molar-refractivity contribution >= 4 is 5.78 Å². The third-order valence-electron chi connectivity index (χ3n) is 3.66. The molecule has 3 nitrogen and oxygen atoms in total. The molecule has 106 valence electrons. The minimum Gasteiger partial charge on any atom is -0.497 e. The van der Waals surface area contributed by atoms with Gasteiger partial charge in [-0.3, -0.25) is 4.79 Å². The number of rotatable bonds is 5. The van der Waals surface area contributed by atoms with Gasteiger partial charge in [-0.25, -0.2) is 0 Å². The van der Waals surface area contributed by atoms with Crippen LogP contribution in [-0.4, -0.2) is 12.9 Å². The zero-order valence-corrected chi connectivity index (χ0v) is 12.2. The zero-order chi connectivity index (χ0) is 15.3. The molecule has 0 bridgehead atoms. The SMILES string of the molecule is COc1cccc(CC(C#N)(C(C)=O)c2ccccc2)c1. The second-order valence-corrected chi connectivity index (χ2v) is 4.97. The number of ketones is 1. The topological polar surface area (TPSA) is 50.1 Å². The first-order valence-electron chi connectivity index (χ1n) is 6.73. The number of benzene rings is 2. The van der Waals surface area contributed by atoms with Crippen LogP contribution in [0.3, 0.4) is 0 Å². The van der Waals surface area contributed by atoms with Crippen molar-refractivity contribution in [1.82, 2.24) is 0 Å². The van der Waals surface area contributed by atoms with Crippen molar-refractivity contribution in [2.24, 2.45) is 0 Å². The Morgan fingerprint density at radius 1 is 1.19 bits per heavy atom. The van der Waals surface area contributed by atoms with Crippen LogP contribution in [0.25, 0.3) is 0 Å². The number of ether oxygens (including phenoxy) is 1. The van der Waals surface area contributed by atoms with E-state index in [-0.39, 0.29) is 5.78 Å². The summed E-state index contributed by atoms with van der Waals surface area (Å²) in [5.41, 5.74) is 0.464. The molecule has 0 N–H and O–H groups in total. The maximum atomic E-state index is 12.2. The van der Waals surface area contributed by atoms with Gasteiger partial charge in [0, 0.05) is 6.42 Å². The molecule has 0 saturated carbocycles. The van der Waals surface area contributed by atoms with Crippen molar-refractivity contribution in [2.75, 3.05) is 7.11 Å². The van der Waals surface area contributed by atoms with Gasteiger partial charge >= 0.3 is 0 Å². The van der Waals surface area contributed by atoms with Crippen molar-refractivity contribution in [3.05, 3.63) is 65.7 Å². The minimum absolute atomic E-state index is 0.154. The Hall–Kier alpha value is -2.60. The molecule has 2 aromatic rings. The Morgan fingerprint density at radius 3 is 2.48 bits per heavy atom. The van der Waals surface area contributed by atoms with E-state index in [1.165, 1.54) is 6.92 Å². The molecule has 0 saturated heterocycles. The second-order valence-electron chi connectivity index (χ2n) is 4.97. The van der Waals surface area contributed by atoms with E-state index in [0.717, 1.165) is 16.9 Å². The summed E-state index contributed by atoms with van der Waals surface area (Å²) in [5.74, 6) is 0.565. The maximum Gasteiger partial charge on any atom is 0.154 e. The second kappa shape index (κ2) is 6.23. The van der Waals surface area contributed by atoms with E-state index in [9.17, 15) is 10.1 Å². The van der Waals surface area contributed by atoms with Crippen LogP contribution in [0.4, 0.5) is 0 Å². The van der Waals surface area contributed by atoms with Crippen molar-refractivity contribution < 1.29 is 9.53 Å². The third kappa shape index (κ3) is 2.95. The molecule has 3 heteroatoms. The van der Waals surface area contributed by atoms with E-state index in [0.29, 0.717) is 6.42 Å². The summed E-state index contributed by atoms with van der Waals surface area (Å²) in [6.45, 7) is 1.47. The fourth-order valence-corrected chi connectivity index (χ4v) is 2.42. The van der Waals surface area contributed by atoms with Crippen molar-refractivity contribution in [3.8, 4) is 11.8 Å². The lowest BCUT2D eigenvalue weighted by atomic mass is 9.74. The molecule has 1 unspecified atom stereocenters. The molecule has 21 heavy (non-hydrogen) atoms. The third-order valence-corrected chi connectivity index (χ3v) is 3.66. The quantitative estimate of drug-likeness (QED) is 0.844. The number of nitrogens with zero attached hydrogens (tertiary/aromatic N) is 1. The molecule has 0 aromatic heterocycles. The number of methoxy groups -OCH3 is 1. The molecule has 0 radical (unpaired) electrons. The molecule has 0 aliphatic rings. The number of carbonyl (C=O) groups is 1. The van der Waals surface area contributed by atoms with Crippen molar-refractivity contribution in [2.45, 2.75) is 18.8 Å². The van der Waals surface area contributed by atoms with Crippen molar-refractivity contribution in [1.29, 1.82) is 5.26 Å². The van der Waals surface area contributed by atoms with Crippen LogP contribution >= 0.6 is 0 Å². The predicted molar refractivity (Wildman–Crippen MR) is 81.1 cm³/mol. The van der Waals surface area contributed by atoms with Gasteiger partial charge in [-0.15, -0.1) is 0 Å². The van der Waals surface area contributed by atoms with Crippen LogP contribution in [0, 0.1) is 11.3 Å². The zero-order valence-electron chi connectivity index (χ0n) is 12.2. The fourth-order valence-electron chi connectivity index (χ4n) is 2.42. The summed E-state index contributed by atoms with van der Waals surface area (Å²) in [6, 6.07) is 18.9. The fraction of sp³-hybridized carbons (Fsp3) is 0.222. The molecule has 0 spiro atoms. The molecule has 0 fully saturated rings. The highest BCUT2D eigenvalue weighted by Crippen LogP contribution is 2.30. The summed E-state index contributed by atoms with van der Waals surface area (Å²) in [6.07, 6.45) is 0.333. The van der Waals surface area contributed by atoms with Gasteiger partial charge in [-0.05, 0) is 30.2 Å². The Bertz CT molecular complexity index is 673. The van der Waals surface area contributed by atoms with Crippen LogP contribution in [0.15, 0.2) is 54.6 Å². The first kappa shape index (κ1) is 14.8. The number of carbonyl (C=O) groups excluding carboxylic acids is 1. The van der Waals surface area contributed by atoms with Gasteiger partial charge < -0.3 is 4.74 Å². The van der Waals surface area contributed by atoms with E-state index in [4.69, 9.17) is 4.74 Å². The Balaban J connectivity index is 2.47. The predicted octanol–water partition coefficient (Wildman–Crippen LogP) is 3.29. The lowest BCUT2D eigenvalue weighted by Gasteiger charge is -2.24. The number of hydrogen-bond donors (Lipinski definition) is 0.